The fourth-order valence-electron chi connectivity index (χ4n) is 2.25. The zero-order valence-corrected chi connectivity index (χ0v) is 12.3. The van der Waals surface area contributed by atoms with E-state index in [2.05, 4.69) is 53.8 Å². The van der Waals surface area contributed by atoms with Crippen LogP contribution < -0.4 is 5.32 Å². The van der Waals surface area contributed by atoms with Crippen molar-refractivity contribution in [3.63, 3.8) is 0 Å². The number of anilines is 1. The van der Waals surface area contributed by atoms with Gasteiger partial charge in [-0.2, -0.15) is 0 Å². The van der Waals surface area contributed by atoms with Gasteiger partial charge >= 0.3 is 0 Å². The van der Waals surface area contributed by atoms with Crippen LogP contribution in [0.3, 0.4) is 0 Å². The number of benzene rings is 3. The number of hydrogen-bond acceptors (Lipinski definition) is 1. The number of hydrogen-bond donors (Lipinski definition) is 1. The van der Waals surface area contributed by atoms with E-state index >= 15 is 0 Å². The molecular formula is C19H16ClN. The van der Waals surface area contributed by atoms with E-state index in [-0.39, 0.29) is 0 Å². The predicted molar refractivity (Wildman–Crippen MR) is 90.7 cm³/mol. The normalized spacial score (nSPS) is 10.3. The molecule has 0 amide bonds. The van der Waals surface area contributed by atoms with Crippen molar-refractivity contribution < 1.29 is 0 Å². The van der Waals surface area contributed by atoms with Gasteiger partial charge in [-0.15, -0.1) is 0 Å². The first kappa shape index (κ1) is 13.7. The minimum absolute atomic E-state index is 0.749. The van der Waals surface area contributed by atoms with Gasteiger partial charge in [0.15, 0.2) is 0 Å². The van der Waals surface area contributed by atoms with Crippen LogP contribution in [-0.4, -0.2) is 0 Å². The zero-order valence-electron chi connectivity index (χ0n) is 11.6. The predicted octanol–water partition coefficient (Wildman–Crippen LogP) is 5.62. The summed E-state index contributed by atoms with van der Waals surface area (Å²) < 4.78 is 0. The Morgan fingerprint density at radius 1 is 0.667 bits per heavy atom. The van der Waals surface area contributed by atoms with Gasteiger partial charge in [-0.3, -0.25) is 0 Å². The second kappa shape index (κ2) is 6.47. The number of halogens is 1. The molecule has 3 aromatic rings. The molecular weight excluding hydrogens is 278 g/mol. The lowest BCUT2D eigenvalue weighted by molar-refractivity contribution is 1.15. The Morgan fingerprint density at radius 3 is 2.00 bits per heavy atom. The first-order chi connectivity index (χ1) is 10.3. The molecule has 1 N–H and O–H groups in total. The summed E-state index contributed by atoms with van der Waals surface area (Å²) in [5.41, 5.74) is 4.67. The van der Waals surface area contributed by atoms with Crippen LogP contribution in [0.4, 0.5) is 5.69 Å². The summed E-state index contributed by atoms with van der Waals surface area (Å²) in [6, 6.07) is 26.8. The summed E-state index contributed by atoms with van der Waals surface area (Å²) in [6.07, 6.45) is 0. The molecule has 0 radical (unpaired) electrons. The SMILES string of the molecule is Clc1ccccc1NCc1ccc(-c2ccccc2)cc1. The minimum Gasteiger partial charge on any atom is -0.380 e. The van der Waals surface area contributed by atoms with Crippen LogP contribution in [0.1, 0.15) is 5.56 Å². The van der Waals surface area contributed by atoms with Gasteiger partial charge in [0.2, 0.25) is 0 Å². The maximum Gasteiger partial charge on any atom is 0.0637 e. The third-order valence-corrected chi connectivity index (χ3v) is 3.75. The summed E-state index contributed by atoms with van der Waals surface area (Å²) in [5, 5.41) is 4.11. The quantitative estimate of drug-likeness (QED) is 0.658. The van der Waals surface area contributed by atoms with Crippen LogP contribution in [0.2, 0.25) is 5.02 Å². The molecule has 0 aliphatic carbocycles. The summed E-state index contributed by atoms with van der Waals surface area (Å²) in [6.45, 7) is 0.763. The molecule has 1 nitrogen and oxygen atoms in total. The zero-order chi connectivity index (χ0) is 14.5. The highest BCUT2D eigenvalue weighted by Gasteiger charge is 2.00. The van der Waals surface area contributed by atoms with Crippen LogP contribution in [0.15, 0.2) is 78.9 Å². The van der Waals surface area contributed by atoms with E-state index in [1.54, 1.807) is 0 Å². The molecule has 0 aliphatic heterocycles. The summed E-state index contributed by atoms with van der Waals surface area (Å²) in [7, 11) is 0. The minimum atomic E-state index is 0.749. The van der Waals surface area contributed by atoms with E-state index in [4.69, 9.17) is 11.6 Å². The molecule has 2 heteroatoms. The summed E-state index contributed by atoms with van der Waals surface area (Å²) in [4.78, 5) is 0. The molecule has 104 valence electrons. The average Bonchev–Trinajstić information content (AvgIpc) is 2.55. The smallest absolute Gasteiger partial charge is 0.0637 e. The molecule has 0 aromatic heterocycles. The lowest BCUT2D eigenvalue weighted by atomic mass is 10.0. The summed E-state index contributed by atoms with van der Waals surface area (Å²) >= 11 is 6.13. The van der Waals surface area contributed by atoms with E-state index in [0.717, 1.165) is 17.3 Å². The standard InChI is InChI=1S/C19H16ClN/c20-18-8-4-5-9-19(18)21-14-15-10-12-17(13-11-15)16-6-2-1-3-7-16/h1-13,21H,14H2. The average molecular weight is 294 g/mol. The molecule has 3 aromatic carbocycles. The monoisotopic (exact) mass is 293 g/mol. The molecule has 0 bridgehead atoms. The molecule has 0 unspecified atom stereocenters. The van der Waals surface area contributed by atoms with Crippen molar-refractivity contribution >= 4 is 17.3 Å². The van der Waals surface area contributed by atoms with Gasteiger partial charge < -0.3 is 5.32 Å². The highest BCUT2D eigenvalue weighted by atomic mass is 35.5. The highest BCUT2D eigenvalue weighted by molar-refractivity contribution is 6.33. The van der Waals surface area contributed by atoms with Crippen LogP contribution >= 0.6 is 11.6 Å². The van der Waals surface area contributed by atoms with Gasteiger partial charge in [-0.05, 0) is 28.8 Å². The first-order valence-corrected chi connectivity index (χ1v) is 7.33. The Hall–Kier alpha value is -2.25. The largest absolute Gasteiger partial charge is 0.380 e. The fraction of sp³-hybridized carbons (Fsp3) is 0.0526. The van der Waals surface area contributed by atoms with Crippen molar-refractivity contribution in [2.75, 3.05) is 5.32 Å². The maximum atomic E-state index is 6.13. The highest BCUT2D eigenvalue weighted by Crippen LogP contribution is 2.22. The molecule has 21 heavy (non-hydrogen) atoms. The number of para-hydroxylation sites is 1. The van der Waals surface area contributed by atoms with Gasteiger partial charge in [0.05, 0.1) is 10.7 Å². The van der Waals surface area contributed by atoms with Gasteiger partial charge in [-0.1, -0.05) is 78.3 Å². The summed E-state index contributed by atoms with van der Waals surface area (Å²) in [5.74, 6) is 0. The Balaban J connectivity index is 1.69. The van der Waals surface area contributed by atoms with Crippen LogP contribution in [-0.2, 0) is 6.54 Å². The lowest BCUT2D eigenvalue weighted by Crippen LogP contribution is -1.99. The lowest BCUT2D eigenvalue weighted by Gasteiger charge is -2.09. The molecule has 0 heterocycles. The topological polar surface area (TPSA) is 12.0 Å². The van der Waals surface area contributed by atoms with Crippen molar-refractivity contribution in [3.8, 4) is 11.1 Å². The molecule has 0 atom stereocenters. The van der Waals surface area contributed by atoms with Crippen molar-refractivity contribution in [2.24, 2.45) is 0 Å². The third-order valence-electron chi connectivity index (χ3n) is 3.42. The van der Waals surface area contributed by atoms with E-state index in [1.807, 2.05) is 30.3 Å². The first-order valence-electron chi connectivity index (χ1n) is 6.96. The Morgan fingerprint density at radius 2 is 1.29 bits per heavy atom. The van der Waals surface area contributed by atoms with E-state index in [9.17, 15) is 0 Å². The Kier molecular flexibility index (Phi) is 4.23. The van der Waals surface area contributed by atoms with Gasteiger partial charge in [0, 0.05) is 6.54 Å². The molecule has 0 spiro atoms. The van der Waals surface area contributed by atoms with Crippen molar-refractivity contribution in [1.82, 2.24) is 0 Å². The van der Waals surface area contributed by atoms with Crippen LogP contribution in [0, 0.1) is 0 Å². The third kappa shape index (κ3) is 3.45. The molecule has 3 rings (SSSR count). The molecule has 0 aliphatic rings. The van der Waals surface area contributed by atoms with Crippen LogP contribution in [0.25, 0.3) is 11.1 Å². The van der Waals surface area contributed by atoms with Crippen molar-refractivity contribution in [3.05, 3.63) is 89.4 Å². The second-order valence-corrected chi connectivity index (χ2v) is 5.30. The van der Waals surface area contributed by atoms with E-state index in [0.29, 0.717) is 0 Å². The molecule has 0 saturated heterocycles. The van der Waals surface area contributed by atoms with E-state index < -0.39 is 0 Å². The number of nitrogens with one attached hydrogen (secondary N) is 1. The van der Waals surface area contributed by atoms with Crippen molar-refractivity contribution in [2.45, 2.75) is 6.54 Å². The second-order valence-electron chi connectivity index (χ2n) is 4.90. The molecule has 0 fully saturated rings. The van der Waals surface area contributed by atoms with E-state index in [1.165, 1.54) is 16.7 Å². The number of rotatable bonds is 4. The maximum absolute atomic E-state index is 6.13. The van der Waals surface area contributed by atoms with Crippen LogP contribution in [0.5, 0.6) is 0 Å². The van der Waals surface area contributed by atoms with Gasteiger partial charge in [-0.25, -0.2) is 0 Å². The Bertz CT molecular complexity index is 705. The Labute approximate surface area is 130 Å². The molecule has 0 saturated carbocycles. The fourth-order valence-corrected chi connectivity index (χ4v) is 2.45. The van der Waals surface area contributed by atoms with Crippen molar-refractivity contribution in [1.29, 1.82) is 0 Å². The van der Waals surface area contributed by atoms with Gasteiger partial charge in [0.1, 0.15) is 0 Å². The van der Waals surface area contributed by atoms with Gasteiger partial charge in [0.25, 0.3) is 0 Å².